The number of rotatable bonds is 5. The number of nitrogens with zero attached hydrogens (tertiary/aromatic N) is 3. The number of aromatic amines is 1. The first-order chi connectivity index (χ1) is 16.6. The van der Waals surface area contributed by atoms with Gasteiger partial charge in [0.15, 0.2) is 16.3 Å². The van der Waals surface area contributed by atoms with Crippen molar-refractivity contribution < 1.29 is 4.79 Å². The summed E-state index contributed by atoms with van der Waals surface area (Å²) in [5, 5.41) is 5.33. The Balaban J connectivity index is 1.59. The molecule has 34 heavy (non-hydrogen) atoms. The molecule has 2 aromatic heterocycles. The number of hydrogen-bond donors (Lipinski definition) is 2. The van der Waals surface area contributed by atoms with Crippen LogP contribution in [0.1, 0.15) is 16.1 Å². The molecule has 8 heteroatoms. The van der Waals surface area contributed by atoms with Gasteiger partial charge in [-0.3, -0.25) is 9.36 Å². The maximum atomic E-state index is 12.9. The number of halogens is 1. The van der Waals surface area contributed by atoms with E-state index < -0.39 is 0 Å². The molecule has 5 aromatic rings. The monoisotopic (exact) mass is 485 g/mol. The van der Waals surface area contributed by atoms with Gasteiger partial charge in [-0.2, -0.15) is 4.99 Å². The third-order valence-electron chi connectivity index (χ3n) is 5.24. The number of imidazole rings is 1. The van der Waals surface area contributed by atoms with Gasteiger partial charge in [0.2, 0.25) is 0 Å². The van der Waals surface area contributed by atoms with E-state index in [9.17, 15) is 4.79 Å². The van der Waals surface area contributed by atoms with Gasteiger partial charge in [-0.1, -0.05) is 71.8 Å². The fourth-order valence-electron chi connectivity index (χ4n) is 3.52. The molecule has 0 spiro atoms. The number of hydrogen-bond acceptors (Lipinski definition) is 4. The molecule has 3 aromatic carbocycles. The third kappa shape index (κ3) is 4.44. The van der Waals surface area contributed by atoms with Crippen LogP contribution >= 0.6 is 22.9 Å². The zero-order valence-electron chi connectivity index (χ0n) is 18.2. The Labute approximate surface area is 205 Å². The summed E-state index contributed by atoms with van der Waals surface area (Å²) in [7, 11) is 0. The number of carbonyl (C=O) groups is 1. The lowest BCUT2D eigenvalue weighted by atomic mass is 10.1. The lowest BCUT2D eigenvalue weighted by Crippen LogP contribution is -2.15. The number of nitrogens with one attached hydrogen (secondary N) is 2. The number of carbonyl (C=O) groups excluding carboxylic acids is 1. The van der Waals surface area contributed by atoms with Crippen LogP contribution in [-0.2, 0) is 0 Å². The minimum absolute atomic E-state index is 0.254. The normalized spacial score (nSPS) is 11.5. The van der Waals surface area contributed by atoms with Crippen molar-refractivity contribution in [1.29, 1.82) is 0 Å². The lowest BCUT2D eigenvalue weighted by Gasteiger charge is -2.09. The van der Waals surface area contributed by atoms with Crippen LogP contribution in [0, 0.1) is 6.92 Å². The topological polar surface area (TPSA) is 75.1 Å². The summed E-state index contributed by atoms with van der Waals surface area (Å²) in [4.78, 5) is 25.6. The second-order valence-corrected chi connectivity index (χ2v) is 8.83. The molecule has 2 N–H and O–H groups in total. The highest BCUT2D eigenvalue weighted by Gasteiger charge is 2.17. The number of para-hydroxylation sites is 2. The van der Waals surface area contributed by atoms with E-state index in [4.69, 9.17) is 16.6 Å². The molecule has 6 nitrogen and oxygen atoms in total. The Morgan fingerprint density at radius 3 is 2.53 bits per heavy atom. The van der Waals surface area contributed by atoms with Crippen molar-refractivity contribution in [1.82, 2.24) is 14.5 Å². The van der Waals surface area contributed by atoms with Crippen molar-refractivity contribution in [3.05, 3.63) is 112 Å². The average molecular weight is 486 g/mol. The smallest absolute Gasteiger partial charge is 0.276 e. The Morgan fingerprint density at radius 2 is 1.76 bits per heavy atom. The van der Waals surface area contributed by atoms with E-state index in [0.29, 0.717) is 21.3 Å². The van der Waals surface area contributed by atoms with Crippen molar-refractivity contribution in [2.75, 3.05) is 5.32 Å². The zero-order chi connectivity index (χ0) is 23.5. The highest BCUT2D eigenvalue weighted by Crippen LogP contribution is 2.26. The quantitative estimate of drug-likeness (QED) is 0.303. The van der Waals surface area contributed by atoms with Crippen LogP contribution in [0.15, 0.2) is 95.6 Å². The van der Waals surface area contributed by atoms with Gasteiger partial charge in [0.25, 0.3) is 5.91 Å². The Bertz CT molecular complexity index is 1520. The van der Waals surface area contributed by atoms with E-state index in [0.717, 1.165) is 16.9 Å². The molecule has 0 radical (unpaired) electrons. The largest absolute Gasteiger partial charge is 0.339 e. The summed E-state index contributed by atoms with van der Waals surface area (Å²) in [6.07, 6.45) is 1.46. The van der Waals surface area contributed by atoms with Gasteiger partial charge in [0, 0.05) is 11.1 Å². The molecule has 0 saturated heterocycles. The number of amides is 1. The van der Waals surface area contributed by atoms with Gasteiger partial charge >= 0.3 is 0 Å². The minimum Gasteiger partial charge on any atom is -0.339 e. The predicted octanol–water partition coefficient (Wildman–Crippen LogP) is 6.38. The van der Waals surface area contributed by atoms with Crippen molar-refractivity contribution in [2.24, 2.45) is 4.99 Å². The Kier molecular flexibility index (Phi) is 6.12. The number of H-pyrrole nitrogens is 1. The molecule has 5 rings (SSSR count). The summed E-state index contributed by atoms with van der Waals surface area (Å²) in [6.45, 7) is 2.07. The molecule has 168 valence electrons. The van der Waals surface area contributed by atoms with Crippen LogP contribution in [0.2, 0.25) is 5.02 Å². The highest BCUT2D eigenvalue weighted by atomic mass is 35.5. The van der Waals surface area contributed by atoms with E-state index in [1.807, 2.05) is 30.3 Å². The van der Waals surface area contributed by atoms with Gasteiger partial charge in [0.1, 0.15) is 0 Å². The Hall–Kier alpha value is -3.94. The number of benzene rings is 3. The molecule has 0 aliphatic rings. The van der Waals surface area contributed by atoms with Crippen LogP contribution in [0.5, 0.6) is 0 Å². The van der Waals surface area contributed by atoms with Crippen LogP contribution in [-0.4, -0.2) is 20.4 Å². The number of aryl methyl sites for hydroxylation is 1. The van der Waals surface area contributed by atoms with Crippen LogP contribution in [0.25, 0.3) is 16.9 Å². The van der Waals surface area contributed by atoms with E-state index in [-0.39, 0.29) is 11.6 Å². The van der Waals surface area contributed by atoms with E-state index >= 15 is 0 Å². The molecule has 0 bridgehead atoms. The van der Waals surface area contributed by atoms with Crippen molar-refractivity contribution in [2.45, 2.75) is 6.92 Å². The third-order valence-corrected chi connectivity index (χ3v) is 6.40. The fraction of sp³-hybridized carbons (Fsp3) is 0.0385. The molecular weight excluding hydrogens is 466 g/mol. The second-order valence-electron chi connectivity index (χ2n) is 7.59. The highest BCUT2D eigenvalue weighted by molar-refractivity contribution is 7.07. The molecule has 2 heterocycles. The van der Waals surface area contributed by atoms with E-state index in [1.165, 1.54) is 23.2 Å². The molecule has 0 atom stereocenters. The minimum atomic E-state index is -0.370. The van der Waals surface area contributed by atoms with E-state index in [2.05, 4.69) is 56.4 Å². The van der Waals surface area contributed by atoms with Crippen molar-refractivity contribution in [3.8, 4) is 16.9 Å². The maximum absolute atomic E-state index is 12.9. The number of anilines is 1. The molecule has 0 saturated carbocycles. The van der Waals surface area contributed by atoms with Gasteiger partial charge in [-0.15, -0.1) is 11.3 Å². The molecule has 0 aliphatic heterocycles. The molecule has 1 amide bonds. The van der Waals surface area contributed by atoms with Crippen LogP contribution in [0.3, 0.4) is 0 Å². The van der Waals surface area contributed by atoms with Crippen LogP contribution in [0.4, 0.5) is 11.5 Å². The second kappa shape index (κ2) is 9.51. The van der Waals surface area contributed by atoms with Crippen molar-refractivity contribution >= 4 is 40.4 Å². The first-order valence-electron chi connectivity index (χ1n) is 10.6. The molecule has 0 aliphatic carbocycles. The molecule has 0 unspecified atom stereocenters. The standard InChI is InChI=1S/C26H20ClN5OS/c1-17-11-13-18(14-12-17)22-15-34-26(32(22)19-7-3-2-4-8-19)31-24-23(28-16-29-24)25(33)30-21-10-6-5-9-20(21)27/h2-16H,1H3,(H,28,29)(H,30,33)/b31-26-. The van der Waals surface area contributed by atoms with Crippen LogP contribution < -0.4 is 10.1 Å². The number of thiazole rings is 1. The summed E-state index contributed by atoms with van der Waals surface area (Å²) < 4.78 is 2.07. The number of aromatic nitrogens is 3. The van der Waals surface area contributed by atoms with Gasteiger partial charge in [-0.05, 0) is 36.8 Å². The maximum Gasteiger partial charge on any atom is 0.276 e. The predicted molar refractivity (Wildman–Crippen MR) is 137 cm³/mol. The molecular formula is C26H20ClN5OS. The first kappa shape index (κ1) is 21.9. The van der Waals surface area contributed by atoms with Crippen molar-refractivity contribution in [3.63, 3.8) is 0 Å². The van der Waals surface area contributed by atoms with Gasteiger partial charge < -0.3 is 10.3 Å². The Morgan fingerprint density at radius 1 is 1.03 bits per heavy atom. The van der Waals surface area contributed by atoms with Gasteiger partial charge in [0.05, 0.1) is 22.7 Å². The summed E-state index contributed by atoms with van der Waals surface area (Å²) in [6, 6.07) is 25.4. The first-order valence-corrected chi connectivity index (χ1v) is 11.8. The SMILES string of the molecule is Cc1ccc(-c2cs/c(=N\c3nc[nH]c3C(=O)Nc3ccccc3Cl)n2-c2ccccc2)cc1. The molecule has 0 fully saturated rings. The lowest BCUT2D eigenvalue weighted by molar-refractivity contribution is 0.102. The average Bonchev–Trinajstić information content (AvgIpc) is 3.49. The summed E-state index contributed by atoms with van der Waals surface area (Å²) in [5.41, 5.74) is 5.02. The summed E-state index contributed by atoms with van der Waals surface area (Å²) >= 11 is 7.68. The van der Waals surface area contributed by atoms with Gasteiger partial charge in [-0.25, -0.2) is 4.98 Å². The zero-order valence-corrected chi connectivity index (χ0v) is 19.8. The summed E-state index contributed by atoms with van der Waals surface area (Å²) in [5.74, 6) is -0.0718. The fourth-order valence-corrected chi connectivity index (χ4v) is 4.61. The van der Waals surface area contributed by atoms with E-state index in [1.54, 1.807) is 24.3 Å².